The average molecular weight is 332 g/mol. The van der Waals surface area contributed by atoms with E-state index in [0.29, 0.717) is 21.4 Å². The molecule has 0 aromatic heterocycles. The maximum atomic E-state index is 12.0. The van der Waals surface area contributed by atoms with Gasteiger partial charge in [-0.3, -0.25) is 4.79 Å². The van der Waals surface area contributed by atoms with Crippen LogP contribution in [-0.4, -0.2) is 5.91 Å². The number of halogens is 2. The van der Waals surface area contributed by atoms with Crippen molar-refractivity contribution in [3.63, 3.8) is 0 Å². The van der Waals surface area contributed by atoms with Crippen LogP contribution in [0, 0.1) is 11.3 Å². The summed E-state index contributed by atoms with van der Waals surface area (Å²) in [6.45, 7) is 0. The molecular formula is C16H11Cl2N3O. The molecule has 110 valence electrons. The standard InChI is InChI=1S/C16H11Cl2N3O/c17-12-3-1-5-14(7-12)20-10-11(9-19)16(22)21-15-6-2-4-13(18)8-15/h1-8,10,20H,(H,21,22). The summed E-state index contributed by atoms with van der Waals surface area (Å²) >= 11 is 11.7. The summed E-state index contributed by atoms with van der Waals surface area (Å²) in [5.74, 6) is -0.528. The van der Waals surface area contributed by atoms with Gasteiger partial charge in [0.1, 0.15) is 11.6 Å². The third-order valence-electron chi connectivity index (χ3n) is 2.66. The maximum Gasteiger partial charge on any atom is 0.267 e. The van der Waals surface area contributed by atoms with E-state index in [-0.39, 0.29) is 5.57 Å². The molecule has 0 aliphatic rings. The van der Waals surface area contributed by atoms with E-state index in [1.807, 2.05) is 6.07 Å². The van der Waals surface area contributed by atoms with Gasteiger partial charge in [0.25, 0.3) is 5.91 Å². The Balaban J connectivity index is 2.09. The van der Waals surface area contributed by atoms with Crippen molar-refractivity contribution in [2.75, 3.05) is 10.6 Å². The predicted octanol–water partition coefficient (Wildman–Crippen LogP) is 4.45. The van der Waals surface area contributed by atoms with Gasteiger partial charge in [-0.1, -0.05) is 35.3 Å². The summed E-state index contributed by atoms with van der Waals surface area (Å²) < 4.78 is 0. The molecule has 0 unspecified atom stereocenters. The molecule has 22 heavy (non-hydrogen) atoms. The summed E-state index contributed by atoms with van der Waals surface area (Å²) in [5.41, 5.74) is 1.12. The van der Waals surface area contributed by atoms with E-state index < -0.39 is 5.91 Å². The lowest BCUT2D eigenvalue weighted by Crippen LogP contribution is -2.14. The van der Waals surface area contributed by atoms with E-state index in [0.717, 1.165) is 0 Å². The van der Waals surface area contributed by atoms with Gasteiger partial charge in [-0.15, -0.1) is 0 Å². The number of nitrogens with zero attached hydrogens (tertiary/aromatic N) is 1. The minimum absolute atomic E-state index is 0.0695. The highest BCUT2D eigenvalue weighted by Crippen LogP contribution is 2.17. The van der Waals surface area contributed by atoms with Crippen LogP contribution < -0.4 is 10.6 Å². The Bertz CT molecular complexity index is 766. The Morgan fingerprint density at radius 1 is 1.05 bits per heavy atom. The van der Waals surface area contributed by atoms with Crippen LogP contribution in [0.5, 0.6) is 0 Å². The van der Waals surface area contributed by atoms with Crippen molar-refractivity contribution in [1.29, 1.82) is 5.26 Å². The molecule has 0 aliphatic carbocycles. The van der Waals surface area contributed by atoms with Crippen LogP contribution in [0.2, 0.25) is 10.0 Å². The number of hydrogen-bond acceptors (Lipinski definition) is 3. The summed E-state index contributed by atoms with van der Waals surface area (Å²) in [7, 11) is 0. The Morgan fingerprint density at radius 2 is 1.64 bits per heavy atom. The summed E-state index contributed by atoms with van der Waals surface area (Å²) in [4.78, 5) is 12.0. The normalized spacial score (nSPS) is 10.7. The van der Waals surface area contributed by atoms with E-state index in [1.54, 1.807) is 48.5 Å². The molecular weight excluding hydrogens is 321 g/mol. The molecule has 0 spiro atoms. The second-order valence-electron chi connectivity index (χ2n) is 4.29. The highest BCUT2D eigenvalue weighted by atomic mass is 35.5. The number of nitriles is 1. The lowest BCUT2D eigenvalue weighted by molar-refractivity contribution is -0.112. The summed E-state index contributed by atoms with van der Waals surface area (Å²) in [6, 6.07) is 15.5. The molecule has 0 aliphatic heterocycles. The number of anilines is 2. The molecule has 0 radical (unpaired) electrons. The van der Waals surface area contributed by atoms with E-state index in [9.17, 15) is 4.79 Å². The van der Waals surface area contributed by atoms with E-state index >= 15 is 0 Å². The first-order valence-electron chi connectivity index (χ1n) is 6.28. The Morgan fingerprint density at radius 3 is 2.23 bits per heavy atom. The van der Waals surface area contributed by atoms with Crippen LogP contribution in [0.4, 0.5) is 11.4 Å². The van der Waals surface area contributed by atoms with Gasteiger partial charge < -0.3 is 10.6 Å². The zero-order valence-corrected chi connectivity index (χ0v) is 12.8. The van der Waals surface area contributed by atoms with Crippen LogP contribution in [0.25, 0.3) is 0 Å². The molecule has 0 atom stereocenters. The van der Waals surface area contributed by atoms with Gasteiger partial charge in [0.05, 0.1) is 0 Å². The van der Waals surface area contributed by atoms with Crippen LogP contribution in [-0.2, 0) is 4.79 Å². The van der Waals surface area contributed by atoms with Crippen molar-refractivity contribution in [1.82, 2.24) is 0 Å². The topological polar surface area (TPSA) is 64.9 Å². The number of benzene rings is 2. The molecule has 2 aromatic carbocycles. The van der Waals surface area contributed by atoms with Crippen LogP contribution in [0.15, 0.2) is 60.3 Å². The smallest absolute Gasteiger partial charge is 0.267 e. The van der Waals surface area contributed by atoms with Crippen molar-refractivity contribution < 1.29 is 4.79 Å². The fraction of sp³-hybridized carbons (Fsp3) is 0. The van der Waals surface area contributed by atoms with Gasteiger partial charge in [0, 0.05) is 27.6 Å². The van der Waals surface area contributed by atoms with Crippen molar-refractivity contribution in [3.05, 3.63) is 70.3 Å². The van der Waals surface area contributed by atoms with Crippen molar-refractivity contribution in [3.8, 4) is 6.07 Å². The molecule has 0 fully saturated rings. The van der Waals surface area contributed by atoms with Gasteiger partial charge in [-0.25, -0.2) is 0 Å². The lowest BCUT2D eigenvalue weighted by Gasteiger charge is -2.05. The first-order valence-corrected chi connectivity index (χ1v) is 7.03. The maximum absolute atomic E-state index is 12.0. The fourth-order valence-corrected chi connectivity index (χ4v) is 2.03. The van der Waals surface area contributed by atoms with Gasteiger partial charge in [-0.2, -0.15) is 5.26 Å². The molecule has 4 nitrogen and oxygen atoms in total. The zero-order valence-electron chi connectivity index (χ0n) is 11.3. The van der Waals surface area contributed by atoms with Crippen molar-refractivity contribution >= 4 is 40.5 Å². The molecule has 2 aromatic rings. The molecule has 2 N–H and O–H groups in total. The molecule has 0 saturated heterocycles. The second-order valence-corrected chi connectivity index (χ2v) is 5.16. The largest absolute Gasteiger partial charge is 0.360 e. The molecule has 6 heteroatoms. The molecule has 1 amide bonds. The van der Waals surface area contributed by atoms with Gasteiger partial charge in [0.2, 0.25) is 0 Å². The molecule has 2 rings (SSSR count). The average Bonchev–Trinajstić information content (AvgIpc) is 2.48. The fourth-order valence-electron chi connectivity index (χ4n) is 1.65. The Kier molecular flexibility index (Phi) is 5.42. The second kappa shape index (κ2) is 7.51. The number of nitrogens with one attached hydrogen (secondary N) is 2. The zero-order chi connectivity index (χ0) is 15.9. The first kappa shape index (κ1) is 15.9. The van der Waals surface area contributed by atoms with Crippen LogP contribution in [0.1, 0.15) is 0 Å². The highest BCUT2D eigenvalue weighted by molar-refractivity contribution is 6.31. The molecule has 0 saturated carbocycles. The van der Waals surface area contributed by atoms with Gasteiger partial charge in [0.15, 0.2) is 0 Å². The van der Waals surface area contributed by atoms with Gasteiger partial charge >= 0.3 is 0 Å². The lowest BCUT2D eigenvalue weighted by atomic mass is 10.2. The number of rotatable bonds is 4. The van der Waals surface area contributed by atoms with Crippen LogP contribution >= 0.6 is 23.2 Å². The number of carbonyl (C=O) groups excluding carboxylic acids is 1. The van der Waals surface area contributed by atoms with Gasteiger partial charge in [-0.05, 0) is 36.4 Å². The van der Waals surface area contributed by atoms with Crippen molar-refractivity contribution in [2.24, 2.45) is 0 Å². The third-order valence-corrected chi connectivity index (χ3v) is 3.13. The predicted molar refractivity (Wildman–Crippen MR) is 88.9 cm³/mol. The number of hydrogen-bond donors (Lipinski definition) is 2. The quantitative estimate of drug-likeness (QED) is 0.642. The summed E-state index contributed by atoms with van der Waals surface area (Å²) in [5, 5.41) is 15.6. The summed E-state index contributed by atoms with van der Waals surface area (Å²) in [6.07, 6.45) is 1.32. The minimum Gasteiger partial charge on any atom is -0.360 e. The monoisotopic (exact) mass is 331 g/mol. The van der Waals surface area contributed by atoms with E-state index in [4.69, 9.17) is 28.5 Å². The highest BCUT2D eigenvalue weighted by Gasteiger charge is 2.09. The van der Waals surface area contributed by atoms with Crippen LogP contribution in [0.3, 0.4) is 0 Å². The SMILES string of the molecule is N#CC(=CNc1cccc(Cl)c1)C(=O)Nc1cccc(Cl)c1. The number of amides is 1. The Labute approximate surface area is 138 Å². The molecule has 0 bridgehead atoms. The number of carbonyl (C=O) groups is 1. The minimum atomic E-state index is -0.528. The first-order chi connectivity index (χ1) is 10.6. The van der Waals surface area contributed by atoms with E-state index in [2.05, 4.69) is 10.6 Å². The molecule has 0 heterocycles. The third kappa shape index (κ3) is 4.52. The van der Waals surface area contributed by atoms with Crippen molar-refractivity contribution in [2.45, 2.75) is 0 Å². The Hall–Kier alpha value is -2.48. The van der Waals surface area contributed by atoms with E-state index in [1.165, 1.54) is 6.20 Å².